The van der Waals surface area contributed by atoms with Crippen molar-refractivity contribution in [3.8, 4) is 22.5 Å². The smallest absolute Gasteiger partial charge is 0.257 e. The monoisotopic (exact) mass is 463 g/mol. The van der Waals surface area contributed by atoms with Gasteiger partial charge in [0.2, 0.25) is 0 Å². The summed E-state index contributed by atoms with van der Waals surface area (Å²) in [7, 11) is 0. The SMILES string of the molecule is CCN(CC)C(=O)c1c(-c2ccccc2)nc(-c2ccccc2)c(C(=O)N(CC)CC)c1Cl. The van der Waals surface area contributed by atoms with Gasteiger partial charge in [-0.3, -0.25) is 9.59 Å². The maximum absolute atomic E-state index is 13.6. The van der Waals surface area contributed by atoms with E-state index in [2.05, 4.69) is 0 Å². The van der Waals surface area contributed by atoms with E-state index in [-0.39, 0.29) is 28.0 Å². The van der Waals surface area contributed by atoms with Crippen LogP contribution in [0.5, 0.6) is 0 Å². The highest BCUT2D eigenvalue weighted by molar-refractivity contribution is 6.38. The van der Waals surface area contributed by atoms with Gasteiger partial charge in [-0.15, -0.1) is 0 Å². The van der Waals surface area contributed by atoms with E-state index < -0.39 is 0 Å². The van der Waals surface area contributed by atoms with Crippen molar-refractivity contribution < 1.29 is 9.59 Å². The molecule has 5 nitrogen and oxygen atoms in total. The Morgan fingerprint density at radius 3 is 1.30 bits per heavy atom. The third kappa shape index (κ3) is 4.93. The van der Waals surface area contributed by atoms with Crippen molar-refractivity contribution in [1.82, 2.24) is 14.8 Å². The van der Waals surface area contributed by atoms with Gasteiger partial charge in [-0.05, 0) is 27.7 Å². The molecule has 2 aromatic carbocycles. The van der Waals surface area contributed by atoms with Crippen molar-refractivity contribution in [2.24, 2.45) is 0 Å². The van der Waals surface area contributed by atoms with E-state index in [0.717, 1.165) is 11.1 Å². The van der Waals surface area contributed by atoms with E-state index in [9.17, 15) is 9.59 Å². The second-order valence-electron chi connectivity index (χ2n) is 7.56. The minimum Gasteiger partial charge on any atom is -0.339 e. The van der Waals surface area contributed by atoms with Gasteiger partial charge in [0, 0.05) is 37.3 Å². The molecule has 0 radical (unpaired) electrons. The maximum Gasteiger partial charge on any atom is 0.257 e. The molecule has 2 amide bonds. The molecule has 0 spiro atoms. The number of carbonyl (C=O) groups excluding carboxylic acids is 2. The summed E-state index contributed by atoms with van der Waals surface area (Å²) < 4.78 is 0. The van der Waals surface area contributed by atoms with Crippen molar-refractivity contribution >= 4 is 23.4 Å². The molecule has 0 N–H and O–H groups in total. The molecular weight excluding hydrogens is 434 g/mol. The number of rotatable bonds is 8. The summed E-state index contributed by atoms with van der Waals surface area (Å²) >= 11 is 6.99. The Labute approximate surface area is 201 Å². The summed E-state index contributed by atoms with van der Waals surface area (Å²) in [6.07, 6.45) is 0. The van der Waals surface area contributed by atoms with Crippen molar-refractivity contribution in [2.45, 2.75) is 27.7 Å². The zero-order valence-corrected chi connectivity index (χ0v) is 20.4. The summed E-state index contributed by atoms with van der Waals surface area (Å²) in [6.45, 7) is 9.80. The van der Waals surface area contributed by atoms with Crippen LogP contribution in [0.2, 0.25) is 5.02 Å². The molecule has 172 valence electrons. The molecule has 6 heteroatoms. The molecule has 0 aliphatic carbocycles. The average Bonchev–Trinajstić information content (AvgIpc) is 2.85. The predicted molar refractivity (Wildman–Crippen MR) is 135 cm³/mol. The second kappa shape index (κ2) is 11.1. The summed E-state index contributed by atoms with van der Waals surface area (Å²) in [5.41, 5.74) is 3.03. The van der Waals surface area contributed by atoms with Gasteiger partial charge in [0.1, 0.15) is 0 Å². The Morgan fingerprint density at radius 1 is 0.667 bits per heavy atom. The van der Waals surface area contributed by atoms with Crippen LogP contribution in [0.4, 0.5) is 0 Å². The lowest BCUT2D eigenvalue weighted by Gasteiger charge is -2.25. The highest BCUT2D eigenvalue weighted by Crippen LogP contribution is 2.37. The number of nitrogens with zero attached hydrogens (tertiary/aromatic N) is 3. The van der Waals surface area contributed by atoms with Gasteiger partial charge in [-0.1, -0.05) is 72.3 Å². The van der Waals surface area contributed by atoms with Crippen LogP contribution in [0.3, 0.4) is 0 Å². The number of carbonyl (C=O) groups is 2. The Kier molecular flexibility index (Phi) is 8.23. The predicted octanol–water partition coefficient (Wildman–Crippen LogP) is 6.03. The molecule has 1 heterocycles. The number of hydrogen-bond acceptors (Lipinski definition) is 3. The number of amides is 2. The van der Waals surface area contributed by atoms with Crippen LogP contribution < -0.4 is 0 Å². The molecule has 3 aromatic rings. The van der Waals surface area contributed by atoms with E-state index in [4.69, 9.17) is 16.6 Å². The molecule has 3 rings (SSSR count). The highest BCUT2D eigenvalue weighted by atomic mass is 35.5. The Balaban J connectivity index is 2.42. The van der Waals surface area contributed by atoms with Gasteiger partial charge in [0.15, 0.2) is 0 Å². The lowest BCUT2D eigenvalue weighted by Crippen LogP contribution is -2.34. The Bertz CT molecular complexity index is 1020. The lowest BCUT2D eigenvalue weighted by atomic mass is 9.97. The van der Waals surface area contributed by atoms with Gasteiger partial charge < -0.3 is 9.80 Å². The topological polar surface area (TPSA) is 53.5 Å². The number of pyridine rings is 1. The quantitative estimate of drug-likeness (QED) is 0.409. The molecule has 0 aliphatic rings. The minimum atomic E-state index is -0.232. The number of aromatic nitrogens is 1. The van der Waals surface area contributed by atoms with Crippen LogP contribution in [-0.4, -0.2) is 52.8 Å². The van der Waals surface area contributed by atoms with Crippen molar-refractivity contribution in [1.29, 1.82) is 0 Å². The van der Waals surface area contributed by atoms with E-state index in [1.807, 2.05) is 88.4 Å². The van der Waals surface area contributed by atoms with Gasteiger partial charge >= 0.3 is 0 Å². The molecule has 0 bridgehead atoms. The zero-order chi connectivity index (χ0) is 24.0. The van der Waals surface area contributed by atoms with E-state index in [0.29, 0.717) is 37.6 Å². The van der Waals surface area contributed by atoms with Gasteiger partial charge in [0.05, 0.1) is 27.5 Å². The van der Waals surface area contributed by atoms with Gasteiger partial charge in [0.25, 0.3) is 11.8 Å². The van der Waals surface area contributed by atoms with Crippen molar-refractivity contribution in [3.63, 3.8) is 0 Å². The summed E-state index contributed by atoms with van der Waals surface area (Å²) in [4.78, 5) is 35.6. The summed E-state index contributed by atoms with van der Waals surface area (Å²) in [5.74, 6) is -0.464. The standard InChI is InChI=1S/C27H30ClN3O2/c1-5-30(6-2)26(32)21-23(28)22(27(33)31(7-3)8-4)25(20-17-13-10-14-18-20)29-24(21)19-15-11-9-12-16-19/h9-18H,5-8H2,1-4H3. The molecule has 0 aliphatic heterocycles. The molecule has 0 saturated carbocycles. The third-order valence-electron chi connectivity index (χ3n) is 5.76. The largest absolute Gasteiger partial charge is 0.339 e. The first kappa shape index (κ1) is 24.5. The first-order valence-corrected chi connectivity index (χ1v) is 11.8. The fraction of sp³-hybridized carbons (Fsp3) is 0.296. The van der Waals surface area contributed by atoms with Crippen LogP contribution in [0.1, 0.15) is 48.4 Å². The van der Waals surface area contributed by atoms with E-state index in [1.165, 1.54) is 0 Å². The van der Waals surface area contributed by atoms with Crippen LogP contribution in [0.15, 0.2) is 60.7 Å². The summed E-state index contributed by atoms with van der Waals surface area (Å²) in [5, 5.41) is 0.150. The maximum atomic E-state index is 13.6. The first-order valence-electron chi connectivity index (χ1n) is 11.4. The zero-order valence-electron chi connectivity index (χ0n) is 19.6. The van der Waals surface area contributed by atoms with Crippen LogP contribution in [-0.2, 0) is 0 Å². The molecule has 0 saturated heterocycles. The number of halogens is 1. The van der Waals surface area contributed by atoms with Gasteiger partial charge in [-0.25, -0.2) is 4.98 Å². The molecule has 1 aromatic heterocycles. The molecule has 33 heavy (non-hydrogen) atoms. The highest BCUT2D eigenvalue weighted by Gasteiger charge is 2.31. The molecule has 0 unspecified atom stereocenters. The summed E-state index contributed by atoms with van der Waals surface area (Å²) in [6, 6.07) is 19.0. The van der Waals surface area contributed by atoms with Crippen molar-refractivity contribution in [2.75, 3.05) is 26.2 Å². The number of hydrogen-bond donors (Lipinski definition) is 0. The normalized spacial score (nSPS) is 10.7. The van der Waals surface area contributed by atoms with E-state index in [1.54, 1.807) is 9.80 Å². The fourth-order valence-electron chi connectivity index (χ4n) is 3.89. The van der Waals surface area contributed by atoms with Crippen LogP contribution in [0.25, 0.3) is 22.5 Å². The molecular formula is C27H30ClN3O2. The van der Waals surface area contributed by atoms with Crippen molar-refractivity contribution in [3.05, 3.63) is 76.8 Å². The van der Waals surface area contributed by atoms with E-state index >= 15 is 0 Å². The fourth-order valence-corrected chi connectivity index (χ4v) is 4.24. The van der Waals surface area contributed by atoms with Crippen LogP contribution >= 0.6 is 11.6 Å². The first-order chi connectivity index (χ1) is 16.0. The lowest BCUT2D eigenvalue weighted by molar-refractivity contribution is 0.0772. The molecule has 0 atom stereocenters. The average molecular weight is 464 g/mol. The Morgan fingerprint density at radius 2 is 1.00 bits per heavy atom. The third-order valence-corrected chi connectivity index (χ3v) is 6.14. The minimum absolute atomic E-state index is 0.150. The van der Waals surface area contributed by atoms with Crippen LogP contribution in [0, 0.1) is 0 Å². The number of benzene rings is 2. The second-order valence-corrected chi connectivity index (χ2v) is 7.94. The van der Waals surface area contributed by atoms with Gasteiger partial charge in [-0.2, -0.15) is 0 Å². The Hall–Kier alpha value is -3.18. The molecule has 0 fully saturated rings.